The molecule has 55 heavy (non-hydrogen) atoms. The SMILES string of the molecule is CC1(C)c2ccccc2-c2ccc(N(c3ccccc3)c3cc(-c4nc(-c5ccccc5)c5ccccc5n4)c4oc5cc6ccccc6cc5c4c3)cc21. The van der Waals surface area contributed by atoms with Crippen LogP contribution in [-0.4, -0.2) is 9.97 Å². The summed E-state index contributed by atoms with van der Waals surface area (Å²) in [5.74, 6) is 0.617. The maximum atomic E-state index is 6.88. The molecule has 0 atom stereocenters. The van der Waals surface area contributed by atoms with Crippen LogP contribution in [0, 0.1) is 0 Å². The van der Waals surface area contributed by atoms with E-state index in [0.29, 0.717) is 5.82 Å². The number of para-hydroxylation sites is 2. The number of aromatic nitrogens is 2. The van der Waals surface area contributed by atoms with Gasteiger partial charge in [0.1, 0.15) is 11.2 Å². The van der Waals surface area contributed by atoms with Crippen LogP contribution >= 0.6 is 0 Å². The first-order valence-corrected chi connectivity index (χ1v) is 18.8. The van der Waals surface area contributed by atoms with Crippen LogP contribution in [0.4, 0.5) is 17.1 Å². The molecule has 2 heterocycles. The Labute approximate surface area is 319 Å². The van der Waals surface area contributed by atoms with Gasteiger partial charge in [0.25, 0.3) is 0 Å². The summed E-state index contributed by atoms with van der Waals surface area (Å²) in [5.41, 5.74) is 13.5. The highest BCUT2D eigenvalue weighted by molar-refractivity contribution is 6.14. The second kappa shape index (κ2) is 12.0. The van der Waals surface area contributed by atoms with E-state index in [1.807, 2.05) is 12.1 Å². The zero-order chi connectivity index (χ0) is 36.7. The van der Waals surface area contributed by atoms with E-state index in [1.54, 1.807) is 0 Å². The molecule has 2 aromatic heterocycles. The predicted octanol–water partition coefficient (Wildman–Crippen LogP) is 13.8. The molecule has 11 rings (SSSR count). The summed E-state index contributed by atoms with van der Waals surface area (Å²) >= 11 is 0. The lowest BCUT2D eigenvalue weighted by Crippen LogP contribution is -2.16. The Balaban J connectivity index is 1.21. The quantitative estimate of drug-likeness (QED) is 0.179. The minimum Gasteiger partial charge on any atom is -0.455 e. The fraction of sp³-hybridized carbons (Fsp3) is 0.0588. The third-order valence-corrected chi connectivity index (χ3v) is 11.4. The van der Waals surface area contributed by atoms with Gasteiger partial charge < -0.3 is 9.32 Å². The molecule has 0 bridgehead atoms. The molecule has 1 aliphatic rings. The Morgan fingerprint density at radius 1 is 0.473 bits per heavy atom. The Morgan fingerprint density at radius 3 is 2.00 bits per heavy atom. The van der Waals surface area contributed by atoms with Crippen molar-refractivity contribution in [3.63, 3.8) is 0 Å². The van der Waals surface area contributed by atoms with Crippen LogP contribution in [0.3, 0.4) is 0 Å². The molecule has 0 saturated carbocycles. The molecule has 0 unspecified atom stereocenters. The number of furan rings is 1. The van der Waals surface area contributed by atoms with Crippen molar-refractivity contribution in [1.29, 1.82) is 0 Å². The Bertz CT molecular complexity index is 3130. The summed E-state index contributed by atoms with van der Waals surface area (Å²) in [5, 5.41) is 5.38. The zero-order valence-electron chi connectivity index (χ0n) is 30.5. The van der Waals surface area contributed by atoms with Gasteiger partial charge in [-0.15, -0.1) is 0 Å². The van der Waals surface area contributed by atoms with Crippen LogP contribution in [-0.2, 0) is 5.41 Å². The Kier molecular flexibility index (Phi) is 6.86. The monoisotopic (exact) mass is 705 g/mol. The maximum Gasteiger partial charge on any atom is 0.164 e. The van der Waals surface area contributed by atoms with Gasteiger partial charge in [0.2, 0.25) is 0 Å². The van der Waals surface area contributed by atoms with Gasteiger partial charge in [-0.25, -0.2) is 9.97 Å². The van der Waals surface area contributed by atoms with Crippen molar-refractivity contribution >= 4 is 60.7 Å². The molecule has 0 amide bonds. The molecule has 260 valence electrons. The first-order valence-electron chi connectivity index (χ1n) is 18.8. The topological polar surface area (TPSA) is 42.2 Å². The summed E-state index contributed by atoms with van der Waals surface area (Å²) in [6.07, 6.45) is 0. The first-order chi connectivity index (χ1) is 27.0. The predicted molar refractivity (Wildman–Crippen MR) is 227 cm³/mol. The van der Waals surface area contributed by atoms with Gasteiger partial charge in [-0.2, -0.15) is 0 Å². The van der Waals surface area contributed by atoms with E-state index in [0.717, 1.165) is 72.1 Å². The fourth-order valence-corrected chi connectivity index (χ4v) is 8.71. The number of hydrogen-bond acceptors (Lipinski definition) is 4. The molecular weight excluding hydrogens is 671 g/mol. The van der Waals surface area contributed by atoms with Crippen molar-refractivity contribution in [3.05, 3.63) is 187 Å². The minimum absolute atomic E-state index is 0.145. The molecule has 0 saturated heterocycles. The second-order valence-corrected chi connectivity index (χ2v) is 15.0. The number of anilines is 3. The summed E-state index contributed by atoms with van der Waals surface area (Å²) in [6, 6.07) is 62.4. The molecule has 0 spiro atoms. The lowest BCUT2D eigenvalue weighted by atomic mass is 9.82. The molecule has 10 aromatic rings. The van der Waals surface area contributed by atoms with Crippen LogP contribution in [0.5, 0.6) is 0 Å². The van der Waals surface area contributed by atoms with Crippen LogP contribution in [0.1, 0.15) is 25.0 Å². The number of rotatable bonds is 5. The number of hydrogen-bond donors (Lipinski definition) is 0. The maximum absolute atomic E-state index is 6.88. The van der Waals surface area contributed by atoms with Gasteiger partial charge in [0.15, 0.2) is 5.82 Å². The van der Waals surface area contributed by atoms with Crippen LogP contribution in [0.2, 0.25) is 0 Å². The smallest absolute Gasteiger partial charge is 0.164 e. The van der Waals surface area contributed by atoms with Crippen molar-refractivity contribution < 1.29 is 4.42 Å². The Hall–Kier alpha value is -7.04. The molecule has 0 radical (unpaired) electrons. The average molecular weight is 706 g/mol. The van der Waals surface area contributed by atoms with E-state index in [2.05, 4.69) is 183 Å². The first kappa shape index (κ1) is 31.5. The van der Waals surface area contributed by atoms with Gasteiger partial charge >= 0.3 is 0 Å². The van der Waals surface area contributed by atoms with Gasteiger partial charge in [-0.3, -0.25) is 0 Å². The molecule has 4 heteroatoms. The van der Waals surface area contributed by atoms with Gasteiger partial charge in [-0.05, 0) is 87.6 Å². The standard InChI is InChI=1S/C51H35N3O/c1-51(2)44-23-13-11-21-38(44)39-26-25-36(31-45(39)51)54(35-19-7-4-8-20-35)37-29-42-41-27-33-17-9-10-18-34(33)28-47(41)55-49(42)43(30-37)50-52-46-24-14-12-22-40(46)48(53-50)32-15-5-3-6-16-32/h3-31H,1-2H3. The highest BCUT2D eigenvalue weighted by Gasteiger charge is 2.36. The third-order valence-electron chi connectivity index (χ3n) is 11.4. The van der Waals surface area contributed by atoms with Crippen molar-refractivity contribution in [2.45, 2.75) is 19.3 Å². The van der Waals surface area contributed by atoms with Crippen LogP contribution in [0.15, 0.2) is 180 Å². The number of nitrogens with zero attached hydrogens (tertiary/aromatic N) is 3. The largest absolute Gasteiger partial charge is 0.455 e. The highest BCUT2D eigenvalue weighted by atomic mass is 16.3. The molecule has 0 N–H and O–H groups in total. The lowest BCUT2D eigenvalue weighted by Gasteiger charge is -2.28. The highest BCUT2D eigenvalue weighted by Crippen LogP contribution is 2.51. The second-order valence-electron chi connectivity index (χ2n) is 15.0. The van der Waals surface area contributed by atoms with E-state index in [-0.39, 0.29) is 5.41 Å². The molecular formula is C51H35N3O. The Morgan fingerprint density at radius 2 is 1.16 bits per heavy atom. The van der Waals surface area contributed by atoms with Crippen LogP contribution < -0.4 is 4.90 Å². The van der Waals surface area contributed by atoms with E-state index >= 15 is 0 Å². The normalized spacial score (nSPS) is 13.1. The fourth-order valence-electron chi connectivity index (χ4n) is 8.71. The number of fused-ring (bicyclic) bond motifs is 8. The van der Waals surface area contributed by atoms with Crippen LogP contribution in [0.25, 0.3) is 77.4 Å². The van der Waals surface area contributed by atoms with Gasteiger partial charge in [0.05, 0.1) is 16.8 Å². The van der Waals surface area contributed by atoms with Gasteiger partial charge in [-0.1, -0.05) is 135 Å². The zero-order valence-corrected chi connectivity index (χ0v) is 30.5. The van der Waals surface area contributed by atoms with Crippen molar-refractivity contribution in [1.82, 2.24) is 9.97 Å². The molecule has 1 aliphatic carbocycles. The van der Waals surface area contributed by atoms with Crippen molar-refractivity contribution in [3.8, 4) is 33.8 Å². The summed E-state index contributed by atoms with van der Waals surface area (Å²) in [7, 11) is 0. The molecule has 8 aromatic carbocycles. The van der Waals surface area contributed by atoms with E-state index < -0.39 is 0 Å². The summed E-state index contributed by atoms with van der Waals surface area (Å²) in [4.78, 5) is 13.0. The van der Waals surface area contributed by atoms with E-state index in [9.17, 15) is 0 Å². The molecule has 0 fully saturated rings. The summed E-state index contributed by atoms with van der Waals surface area (Å²) in [6.45, 7) is 4.67. The third kappa shape index (κ3) is 4.92. The van der Waals surface area contributed by atoms with Gasteiger partial charge in [0, 0.05) is 44.2 Å². The molecule has 4 nitrogen and oxygen atoms in total. The van der Waals surface area contributed by atoms with Crippen molar-refractivity contribution in [2.75, 3.05) is 4.90 Å². The average Bonchev–Trinajstić information content (AvgIpc) is 3.70. The van der Waals surface area contributed by atoms with E-state index in [4.69, 9.17) is 14.4 Å². The lowest BCUT2D eigenvalue weighted by molar-refractivity contribution is 0.660. The molecule has 0 aliphatic heterocycles. The summed E-state index contributed by atoms with van der Waals surface area (Å²) < 4.78 is 6.88. The van der Waals surface area contributed by atoms with Crippen molar-refractivity contribution in [2.24, 2.45) is 0 Å². The van der Waals surface area contributed by atoms with E-state index in [1.165, 1.54) is 27.6 Å². The number of benzene rings is 8. The minimum atomic E-state index is -0.145.